The molecule has 0 fully saturated rings. The molecule has 8 heteroatoms. The van der Waals surface area contributed by atoms with Gasteiger partial charge in [0, 0.05) is 20.0 Å². The standard InChI is InChI=1S/C11H11FN2O4S/c1-14(6-2-5-13)19(17,18)10-7-8(12)3-4-9(10)11(15)16/h3-4,7H,2,6H2,1H3,(H,15,16). The molecule has 0 aromatic heterocycles. The third kappa shape index (κ3) is 3.27. The smallest absolute Gasteiger partial charge is 0.337 e. The van der Waals surface area contributed by atoms with Crippen LogP contribution in [0.1, 0.15) is 16.8 Å². The minimum Gasteiger partial charge on any atom is -0.478 e. The number of rotatable bonds is 5. The molecule has 0 radical (unpaired) electrons. The van der Waals surface area contributed by atoms with E-state index >= 15 is 0 Å². The van der Waals surface area contributed by atoms with Gasteiger partial charge in [0.2, 0.25) is 10.0 Å². The summed E-state index contributed by atoms with van der Waals surface area (Å²) in [5.41, 5.74) is -0.509. The van der Waals surface area contributed by atoms with Crippen LogP contribution in [-0.2, 0) is 10.0 Å². The number of carboxylic acid groups (broad SMARTS) is 1. The zero-order valence-electron chi connectivity index (χ0n) is 10.00. The fraction of sp³-hybridized carbons (Fsp3) is 0.273. The van der Waals surface area contributed by atoms with Crippen molar-refractivity contribution in [2.75, 3.05) is 13.6 Å². The second-order valence-electron chi connectivity index (χ2n) is 3.68. The SMILES string of the molecule is CN(CCC#N)S(=O)(=O)c1cc(F)ccc1C(=O)O. The van der Waals surface area contributed by atoms with Crippen molar-refractivity contribution >= 4 is 16.0 Å². The first-order valence-electron chi connectivity index (χ1n) is 5.17. The average molecular weight is 286 g/mol. The first-order chi connectivity index (χ1) is 8.80. The molecule has 102 valence electrons. The van der Waals surface area contributed by atoms with E-state index in [0.29, 0.717) is 6.07 Å². The molecule has 0 saturated heterocycles. The number of halogens is 1. The monoisotopic (exact) mass is 286 g/mol. The van der Waals surface area contributed by atoms with E-state index in [0.717, 1.165) is 16.4 Å². The zero-order chi connectivity index (χ0) is 14.6. The fourth-order valence-electron chi connectivity index (χ4n) is 1.38. The maximum Gasteiger partial charge on any atom is 0.337 e. The van der Waals surface area contributed by atoms with Crippen molar-refractivity contribution in [2.45, 2.75) is 11.3 Å². The Morgan fingerprint density at radius 1 is 1.53 bits per heavy atom. The summed E-state index contributed by atoms with van der Waals surface area (Å²) in [7, 11) is -2.95. The van der Waals surface area contributed by atoms with E-state index in [1.165, 1.54) is 7.05 Å². The molecule has 19 heavy (non-hydrogen) atoms. The van der Waals surface area contributed by atoms with E-state index in [9.17, 15) is 17.6 Å². The molecule has 0 heterocycles. The van der Waals surface area contributed by atoms with E-state index in [-0.39, 0.29) is 13.0 Å². The van der Waals surface area contributed by atoms with Crippen LogP contribution in [0.2, 0.25) is 0 Å². The molecule has 1 rings (SSSR count). The Balaban J connectivity index is 3.32. The summed E-state index contributed by atoms with van der Waals surface area (Å²) in [6, 6.07) is 4.19. The number of sulfonamides is 1. The van der Waals surface area contributed by atoms with Gasteiger partial charge < -0.3 is 5.11 Å². The number of nitriles is 1. The van der Waals surface area contributed by atoms with Crippen LogP contribution in [0.25, 0.3) is 0 Å². The molecule has 0 aliphatic heterocycles. The summed E-state index contributed by atoms with van der Waals surface area (Å²) in [4.78, 5) is 10.3. The first kappa shape index (κ1) is 15.1. The Morgan fingerprint density at radius 2 is 2.16 bits per heavy atom. The Bertz CT molecular complexity index is 637. The predicted molar refractivity (Wildman–Crippen MR) is 63.4 cm³/mol. The molecule has 0 aliphatic rings. The fourth-order valence-corrected chi connectivity index (χ4v) is 2.74. The number of benzene rings is 1. The van der Waals surface area contributed by atoms with Crippen LogP contribution in [0.15, 0.2) is 23.1 Å². The Labute approximate surface area is 109 Å². The second-order valence-corrected chi connectivity index (χ2v) is 5.69. The van der Waals surface area contributed by atoms with Crippen molar-refractivity contribution in [3.8, 4) is 6.07 Å². The molecule has 0 saturated carbocycles. The summed E-state index contributed by atoms with van der Waals surface area (Å²) in [5.74, 6) is -2.32. The molecular formula is C11H11FN2O4S. The molecule has 0 unspecified atom stereocenters. The van der Waals surface area contributed by atoms with Gasteiger partial charge in [-0.25, -0.2) is 17.6 Å². The van der Waals surface area contributed by atoms with Gasteiger partial charge in [0.15, 0.2) is 0 Å². The van der Waals surface area contributed by atoms with Crippen LogP contribution in [0.4, 0.5) is 4.39 Å². The number of carboxylic acids is 1. The quantitative estimate of drug-likeness (QED) is 0.872. The highest BCUT2D eigenvalue weighted by Crippen LogP contribution is 2.21. The van der Waals surface area contributed by atoms with Crippen molar-refractivity contribution < 1.29 is 22.7 Å². The molecular weight excluding hydrogens is 275 g/mol. The van der Waals surface area contributed by atoms with Gasteiger partial charge >= 0.3 is 5.97 Å². The lowest BCUT2D eigenvalue weighted by atomic mass is 10.2. The van der Waals surface area contributed by atoms with Crippen molar-refractivity contribution in [2.24, 2.45) is 0 Å². The van der Waals surface area contributed by atoms with Crippen LogP contribution in [0.3, 0.4) is 0 Å². The van der Waals surface area contributed by atoms with Gasteiger partial charge in [-0.15, -0.1) is 0 Å². The maximum absolute atomic E-state index is 13.1. The molecule has 0 spiro atoms. The second kappa shape index (κ2) is 5.77. The van der Waals surface area contributed by atoms with Gasteiger partial charge in [-0.05, 0) is 18.2 Å². The summed E-state index contributed by atoms with van der Waals surface area (Å²) in [5, 5.41) is 17.3. The van der Waals surface area contributed by atoms with Crippen LogP contribution < -0.4 is 0 Å². The third-order valence-electron chi connectivity index (χ3n) is 2.40. The highest BCUT2D eigenvalue weighted by molar-refractivity contribution is 7.89. The van der Waals surface area contributed by atoms with Gasteiger partial charge in [0.05, 0.1) is 16.5 Å². The van der Waals surface area contributed by atoms with Gasteiger partial charge in [-0.1, -0.05) is 0 Å². The van der Waals surface area contributed by atoms with Gasteiger partial charge in [0.25, 0.3) is 0 Å². The predicted octanol–water partition coefficient (Wildman–Crippen LogP) is 1.06. The number of aromatic carboxylic acids is 1. The van der Waals surface area contributed by atoms with Crippen molar-refractivity contribution in [1.29, 1.82) is 5.26 Å². The lowest BCUT2D eigenvalue weighted by Crippen LogP contribution is -2.29. The van der Waals surface area contributed by atoms with Crippen LogP contribution in [-0.4, -0.2) is 37.4 Å². The Morgan fingerprint density at radius 3 is 2.68 bits per heavy atom. The van der Waals surface area contributed by atoms with Crippen molar-refractivity contribution in [1.82, 2.24) is 4.31 Å². The van der Waals surface area contributed by atoms with Crippen molar-refractivity contribution in [3.05, 3.63) is 29.6 Å². The maximum atomic E-state index is 13.1. The number of nitrogens with zero attached hydrogens (tertiary/aromatic N) is 2. The summed E-state index contributed by atoms with van der Waals surface area (Å²) in [6.07, 6.45) is -0.0482. The lowest BCUT2D eigenvalue weighted by Gasteiger charge is -2.17. The molecule has 1 aromatic carbocycles. The Hall–Kier alpha value is -1.98. The molecule has 6 nitrogen and oxygen atoms in total. The summed E-state index contributed by atoms with van der Waals surface area (Å²) >= 11 is 0. The van der Waals surface area contributed by atoms with Crippen LogP contribution in [0.5, 0.6) is 0 Å². The normalized spacial score (nSPS) is 11.3. The zero-order valence-corrected chi connectivity index (χ0v) is 10.8. The van der Waals surface area contributed by atoms with Crippen molar-refractivity contribution in [3.63, 3.8) is 0 Å². The number of hydrogen-bond donors (Lipinski definition) is 1. The first-order valence-corrected chi connectivity index (χ1v) is 6.61. The largest absolute Gasteiger partial charge is 0.478 e. The third-order valence-corrected chi connectivity index (χ3v) is 4.30. The van der Waals surface area contributed by atoms with Crippen LogP contribution >= 0.6 is 0 Å². The van der Waals surface area contributed by atoms with Gasteiger partial charge in [0.1, 0.15) is 5.82 Å². The van der Waals surface area contributed by atoms with E-state index in [2.05, 4.69) is 0 Å². The molecule has 0 bridgehead atoms. The van der Waals surface area contributed by atoms with E-state index in [4.69, 9.17) is 10.4 Å². The summed E-state index contributed by atoms with van der Waals surface area (Å²) in [6.45, 7) is -0.103. The van der Waals surface area contributed by atoms with E-state index in [1.807, 2.05) is 0 Å². The highest BCUT2D eigenvalue weighted by Gasteiger charge is 2.26. The molecule has 1 N–H and O–H groups in total. The minimum atomic E-state index is -4.15. The molecule has 0 atom stereocenters. The molecule has 1 aromatic rings. The van der Waals surface area contributed by atoms with E-state index in [1.54, 1.807) is 6.07 Å². The van der Waals surface area contributed by atoms with Gasteiger partial charge in [-0.2, -0.15) is 9.57 Å². The number of carbonyl (C=O) groups is 1. The number of hydrogen-bond acceptors (Lipinski definition) is 4. The lowest BCUT2D eigenvalue weighted by molar-refractivity contribution is 0.0692. The van der Waals surface area contributed by atoms with Gasteiger partial charge in [-0.3, -0.25) is 0 Å². The average Bonchev–Trinajstić information content (AvgIpc) is 2.35. The Kier molecular flexibility index (Phi) is 4.58. The minimum absolute atomic E-state index is 0.0482. The molecule has 0 amide bonds. The highest BCUT2D eigenvalue weighted by atomic mass is 32.2. The molecule has 0 aliphatic carbocycles. The summed E-state index contributed by atoms with van der Waals surface area (Å²) < 4.78 is 38.1. The van der Waals surface area contributed by atoms with Crippen LogP contribution in [0, 0.1) is 17.1 Å². The topological polar surface area (TPSA) is 98.5 Å². The van der Waals surface area contributed by atoms with E-state index < -0.39 is 32.3 Å².